The molecule has 3 heterocycles. The van der Waals surface area contributed by atoms with Crippen LogP contribution < -0.4 is 11.2 Å². The van der Waals surface area contributed by atoms with Gasteiger partial charge in [0, 0.05) is 25.7 Å². The van der Waals surface area contributed by atoms with Crippen LogP contribution in [0.5, 0.6) is 0 Å². The second-order valence-corrected chi connectivity index (χ2v) is 7.39. The first-order valence-electron chi connectivity index (χ1n) is 10.2. The van der Waals surface area contributed by atoms with Gasteiger partial charge in [-0.3, -0.25) is 19.0 Å². The average molecular weight is 446 g/mol. The highest BCUT2D eigenvalue weighted by molar-refractivity contribution is 5.76. The Labute approximate surface area is 179 Å². The van der Waals surface area contributed by atoms with Gasteiger partial charge in [0.15, 0.2) is 5.65 Å². The third-order valence-corrected chi connectivity index (χ3v) is 5.22. The summed E-state index contributed by atoms with van der Waals surface area (Å²) in [5.74, 6) is 0.309. The minimum atomic E-state index is -4.44. The molecule has 1 aromatic carbocycles. The number of alkyl halides is 3. The summed E-state index contributed by atoms with van der Waals surface area (Å²) in [4.78, 5) is 33.0. The number of aryl methyl sites for hydroxylation is 1. The van der Waals surface area contributed by atoms with Crippen LogP contribution in [0.2, 0.25) is 0 Å². The molecule has 4 aromatic rings. The Morgan fingerprint density at radius 1 is 1.12 bits per heavy atom. The number of imidazole rings is 1. The van der Waals surface area contributed by atoms with Gasteiger partial charge in [-0.15, -0.1) is 0 Å². The quantitative estimate of drug-likeness (QED) is 0.474. The second kappa shape index (κ2) is 8.13. The van der Waals surface area contributed by atoms with E-state index in [-0.39, 0.29) is 24.1 Å². The van der Waals surface area contributed by atoms with E-state index < -0.39 is 23.0 Å². The predicted molar refractivity (Wildman–Crippen MR) is 112 cm³/mol. The van der Waals surface area contributed by atoms with E-state index in [1.54, 1.807) is 19.2 Å². The minimum Gasteiger partial charge on any atom is -0.332 e. The predicted octanol–water partition coefficient (Wildman–Crippen LogP) is 3.32. The molecule has 0 amide bonds. The number of nitrogens with zero attached hydrogens (tertiary/aromatic N) is 4. The summed E-state index contributed by atoms with van der Waals surface area (Å²) in [5.41, 5.74) is 0.203. The summed E-state index contributed by atoms with van der Waals surface area (Å²) in [5, 5.41) is 6.87. The van der Waals surface area contributed by atoms with Gasteiger partial charge in [0.05, 0.1) is 16.8 Å². The molecule has 0 unspecified atom stereocenters. The zero-order chi connectivity index (χ0) is 23.0. The SMILES string of the molecule is CCCn1c(=O)c2[nH]c(-c3c[nH]nc3Cc3cccc(C(F)(F)F)c3)nc2n(CC)c1=O. The molecule has 0 radical (unpaired) electrons. The molecule has 0 bridgehead atoms. The molecular weight excluding hydrogens is 425 g/mol. The van der Waals surface area contributed by atoms with Crippen molar-refractivity contribution >= 4 is 11.2 Å². The van der Waals surface area contributed by atoms with Crippen LogP contribution in [-0.4, -0.2) is 29.3 Å². The maximum absolute atomic E-state index is 13.0. The largest absolute Gasteiger partial charge is 0.416 e. The number of aromatic nitrogens is 6. The first-order chi connectivity index (χ1) is 15.2. The number of aromatic amines is 2. The maximum atomic E-state index is 13.0. The fourth-order valence-electron chi connectivity index (χ4n) is 3.71. The minimum absolute atomic E-state index is 0.125. The fourth-order valence-corrected chi connectivity index (χ4v) is 3.71. The Morgan fingerprint density at radius 2 is 1.91 bits per heavy atom. The summed E-state index contributed by atoms with van der Waals surface area (Å²) in [6, 6.07) is 5.03. The Bertz CT molecular complexity index is 1390. The summed E-state index contributed by atoms with van der Waals surface area (Å²) in [7, 11) is 0. The van der Waals surface area contributed by atoms with E-state index in [2.05, 4.69) is 20.2 Å². The van der Waals surface area contributed by atoms with E-state index in [9.17, 15) is 22.8 Å². The first kappa shape index (κ1) is 21.6. The molecule has 0 aliphatic rings. The molecule has 0 aliphatic heterocycles. The van der Waals surface area contributed by atoms with Gasteiger partial charge in [0.1, 0.15) is 11.3 Å². The highest BCUT2D eigenvalue weighted by atomic mass is 19.4. The summed E-state index contributed by atoms with van der Waals surface area (Å²) in [6.45, 7) is 4.27. The molecule has 4 rings (SSSR count). The lowest BCUT2D eigenvalue weighted by molar-refractivity contribution is -0.137. The average Bonchev–Trinajstić information content (AvgIpc) is 3.38. The number of halogens is 3. The molecule has 0 saturated carbocycles. The van der Waals surface area contributed by atoms with Crippen LogP contribution in [0.1, 0.15) is 37.1 Å². The van der Waals surface area contributed by atoms with Crippen molar-refractivity contribution in [3.63, 3.8) is 0 Å². The van der Waals surface area contributed by atoms with Gasteiger partial charge in [-0.1, -0.05) is 25.1 Å². The molecule has 8 nitrogen and oxygen atoms in total. The van der Waals surface area contributed by atoms with Crippen LogP contribution in [0.4, 0.5) is 13.2 Å². The third-order valence-electron chi connectivity index (χ3n) is 5.22. The molecule has 168 valence electrons. The van der Waals surface area contributed by atoms with Crippen molar-refractivity contribution in [2.24, 2.45) is 0 Å². The number of nitrogens with one attached hydrogen (secondary N) is 2. The molecule has 0 aliphatic carbocycles. The zero-order valence-corrected chi connectivity index (χ0v) is 17.5. The van der Waals surface area contributed by atoms with Crippen LogP contribution in [0, 0.1) is 0 Å². The normalized spacial score (nSPS) is 12.0. The van der Waals surface area contributed by atoms with Gasteiger partial charge in [0.25, 0.3) is 5.56 Å². The second-order valence-electron chi connectivity index (χ2n) is 7.39. The highest BCUT2D eigenvalue weighted by Gasteiger charge is 2.30. The van der Waals surface area contributed by atoms with E-state index in [1.807, 2.05) is 6.92 Å². The van der Waals surface area contributed by atoms with Gasteiger partial charge in [-0.25, -0.2) is 9.78 Å². The summed E-state index contributed by atoms with van der Waals surface area (Å²) < 4.78 is 41.7. The Balaban J connectivity index is 1.79. The Morgan fingerprint density at radius 3 is 2.59 bits per heavy atom. The zero-order valence-electron chi connectivity index (χ0n) is 17.5. The van der Waals surface area contributed by atoms with Crippen molar-refractivity contribution in [1.82, 2.24) is 29.3 Å². The molecule has 2 N–H and O–H groups in total. The van der Waals surface area contributed by atoms with Crippen LogP contribution in [0.15, 0.2) is 40.1 Å². The van der Waals surface area contributed by atoms with Crippen LogP contribution in [0.25, 0.3) is 22.6 Å². The van der Waals surface area contributed by atoms with Crippen molar-refractivity contribution in [2.75, 3.05) is 0 Å². The van der Waals surface area contributed by atoms with Gasteiger partial charge in [-0.2, -0.15) is 18.3 Å². The van der Waals surface area contributed by atoms with Crippen molar-refractivity contribution in [1.29, 1.82) is 0 Å². The lowest BCUT2D eigenvalue weighted by Gasteiger charge is -2.08. The van der Waals surface area contributed by atoms with Crippen molar-refractivity contribution in [2.45, 2.75) is 46.0 Å². The van der Waals surface area contributed by atoms with Crippen molar-refractivity contribution < 1.29 is 13.2 Å². The number of H-pyrrole nitrogens is 2. The van der Waals surface area contributed by atoms with Gasteiger partial charge in [0.2, 0.25) is 0 Å². The smallest absolute Gasteiger partial charge is 0.332 e. The van der Waals surface area contributed by atoms with E-state index in [4.69, 9.17) is 0 Å². The van der Waals surface area contributed by atoms with Gasteiger partial charge >= 0.3 is 11.9 Å². The van der Waals surface area contributed by atoms with Gasteiger partial charge < -0.3 is 4.98 Å². The number of rotatable bonds is 6. The molecule has 0 atom stereocenters. The van der Waals surface area contributed by atoms with Crippen molar-refractivity contribution in [3.8, 4) is 11.4 Å². The summed E-state index contributed by atoms with van der Waals surface area (Å²) >= 11 is 0. The molecule has 11 heteroatoms. The topological polar surface area (TPSA) is 101 Å². The van der Waals surface area contributed by atoms with Crippen LogP contribution >= 0.6 is 0 Å². The van der Waals surface area contributed by atoms with E-state index in [0.29, 0.717) is 35.6 Å². The molecular formula is C21H21F3N6O2. The van der Waals surface area contributed by atoms with Crippen molar-refractivity contribution in [3.05, 3.63) is 68.1 Å². The lowest BCUT2D eigenvalue weighted by Crippen LogP contribution is -2.39. The number of fused-ring (bicyclic) bond motifs is 1. The number of hydrogen-bond acceptors (Lipinski definition) is 4. The summed E-state index contributed by atoms with van der Waals surface area (Å²) in [6.07, 6.45) is -2.14. The molecule has 0 saturated heterocycles. The van der Waals surface area contributed by atoms with E-state index >= 15 is 0 Å². The third kappa shape index (κ3) is 3.74. The Hall–Kier alpha value is -3.63. The molecule has 0 spiro atoms. The highest BCUT2D eigenvalue weighted by Crippen LogP contribution is 2.30. The number of hydrogen-bond donors (Lipinski definition) is 2. The lowest BCUT2D eigenvalue weighted by atomic mass is 10.0. The Kier molecular flexibility index (Phi) is 5.49. The van der Waals surface area contributed by atoms with E-state index in [1.165, 1.54) is 15.2 Å². The molecule has 32 heavy (non-hydrogen) atoms. The molecule has 0 fully saturated rings. The van der Waals surface area contributed by atoms with Crippen LogP contribution in [-0.2, 0) is 25.7 Å². The fraction of sp³-hybridized carbons (Fsp3) is 0.333. The maximum Gasteiger partial charge on any atom is 0.416 e. The van der Waals surface area contributed by atoms with Gasteiger partial charge in [-0.05, 0) is 25.0 Å². The molecule has 3 aromatic heterocycles. The standard InChI is InChI=1S/C21H21F3N6O2/c1-3-8-30-19(31)16-18(29(4-2)20(30)32)27-17(26-16)14-11-25-28-15(14)10-12-6-5-7-13(9-12)21(22,23)24/h5-7,9,11H,3-4,8,10H2,1-2H3,(H,25,28)(H,26,27). The van der Waals surface area contributed by atoms with E-state index in [0.717, 1.165) is 12.1 Å². The number of benzene rings is 1. The first-order valence-corrected chi connectivity index (χ1v) is 10.2. The van der Waals surface area contributed by atoms with Crippen LogP contribution in [0.3, 0.4) is 0 Å². The monoisotopic (exact) mass is 446 g/mol.